The molecule has 0 saturated carbocycles. The molecule has 3 rings (SSSR count). The van der Waals surface area contributed by atoms with Crippen molar-refractivity contribution in [3.05, 3.63) is 42.5 Å². The van der Waals surface area contributed by atoms with E-state index in [9.17, 15) is 0 Å². The van der Waals surface area contributed by atoms with Gasteiger partial charge in [0.2, 0.25) is 0 Å². The van der Waals surface area contributed by atoms with E-state index in [-0.39, 0.29) is 11.6 Å². The van der Waals surface area contributed by atoms with Crippen LogP contribution in [0, 0.1) is 0 Å². The number of ether oxygens (including phenoxy) is 1. The molecule has 0 aliphatic carbocycles. The first kappa shape index (κ1) is 12.2. The van der Waals surface area contributed by atoms with Crippen LogP contribution in [0.4, 0.5) is 11.6 Å². The standard InChI is InChI=1S/C15H14N4O/c1-20-10-7-5-9(6-8-10)11-3-2-4-12-13(11)19-15(17)14(16)18-12/h2-8H,1H3,(H2,16,18)(H2,17,19). The highest BCUT2D eigenvalue weighted by atomic mass is 16.5. The third-order valence-corrected chi connectivity index (χ3v) is 3.15. The molecule has 0 aliphatic heterocycles. The molecule has 0 amide bonds. The van der Waals surface area contributed by atoms with Crippen molar-refractivity contribution in [1.82, 2.24) is 9.97 Å². The molecule has 4 N–H and O–H groups in total. The van der Waals surface area contributed by atoms with Gasteiger partial charge in [0.1, 0.15) is 5.75 Å². The van der Waals surface area contributed by atoms with E-state index in [1.54, 1.807) is 7.11 Å². The van der Waals surface area contributed by atoms with Crippen LogP contribution in [0.25, 0.3) is 22.2 Å². The van der Waals surface area contributed by atoms with E-state index in [1.165, 1.54) is 0 Å². The lowest BCUT2D eigenvalue weighted by atomic mass is 10.0. The Morgan fingerprint density at radius 1 is 0.900 bits per heavy atom. The summed E-state index contributed by atoms with van der Waals surface area (Å²) in [6, 6.07) is 13.5. The molecule has 5 heteroatoms. The topological polar surface area (TPSA) is 87.0 Å². The molecule has 1 heterocycles. The average Bonchev–Trinajstić information content (AvgIpc) is 2.48. The Bertz CT molecular complexity index is 769. The van der Waals surface area contributed by atoms with Crippen LogP contribution in [0.2, 0.25) is 0 Å². The maximum atomic E-state index is 5.76. The molecule has 0 saturated heterocycles. The van der Waals surface area contributed by atoms with E-state index in [2.05, 4.69) is 9.97 Å². The fourth-order valence-electron chi connectivity index (χ4n) is 2.11. The lowest BCUT2D eigenvalue weighted by Crippen LogP contribution is -2.01. The van der Waals surface area contributed by atoms with Crippen molar-refractivity contribution in [3.63, 3.8) is 0 Å². The SMILES string of the molecule is COc1ccc(-c2cccc3nc(N)c(N)nc23)cc1. The van der Waals surface area contributed by atoms with Gasteiger partial charge >= 0.3 is 0 Å². The predicted molar refractivity (Wildman–Crippen MR) is 80.4 cm³/mol. The number of nitrogen functional groups attached to an aromatic ring is 2. The number of fused-ring (bicyclic) bond motifs is 1. The average molecular weight is 266 g/mol. The summed E-state index contributed by atoms with van der Waals surface area (Å²) in [6.45, 7) is 0. The number of nitrogens with zero attached hydrogens (tertiary/aromatic N) is 2. The van der Waals surface area contributed by atoms with E-state index < -0.39 is 0 Å². The van der Waals surface area contributed by atoms with Crippen LogP contribution in [0.1, 0.15) is 0 Å². The van der Waals surface area contributed by atoms with Crippen molar-refractivity contribution in [2.75, 3.05) is 18.6 Å². The van der Waals surface area contributed by atoms with Gasteiger partial charge in [-0.25, -0.2) is 9.97 Å². The summed E-state index contributed by atoms with van der Waals surface area (Å²) < 4.78 is 5.16. The number of methoxy groups -OCH3 is 1. The molecule has 1 aromatic heterocycles. The van der Waals surface area contributed by atoms with Gasteiger partial charge in [-0.05, 0) is 23.8 Å². The number of hydrogen-bond donors (Lipinski definition) is 2. The molecule has 0 aliphatic rings. The second-order valence-corrected chi connectivity index (χ2v) is 4.40. The molecule has 0 fully saturated rings. The molecule has 100 valence electrons. The van der Waals surface area contributed by atoms with Crippen LogP contribution in [0.5, 0.6) is 5.75 Å². The molecule has 0 bridgehead atoms. The van der Waals surface area contributed by atoms with Gasteiger partial charge in [0.05, 0.1) is 18.1 Å². The zero-order valence-electron chi connectivity index (χ0n) is 11.0. The van der Waals surface area contributed by atoms with Gasteiger partial charge in [0.25, 0.3) is 0 Å². The summed E-state index contributed by atoms with van der Waals surface area (Å²) in [7, 11) is 1.64. The van der Waals surface area contributed by atoms with Crippen LogP contribution in [0.3, 0.4) is 0 Å². The molecule has 5 nitrogen and oxygen atoms in total. The van der Waals surface area contributed by atoms with E-state index in [4.69, 9.17) is 16.2 Å². The van der Waals surface area contributed by atoms with Gasteiger partial charge in [0.15, 0.2) is 11.6 Å². The summed E-state index contributed by atoms with van der Waals surface area (Å²) in [4.78, 5) is 8.61. The molecule has 0 unspecified atom stereocenters. The van der Waals surface area contributed by atoms with Crippen LogP contribution in [0.15, 0.2) is 42.5 Å². The third-order valence-electron chi connectivity index (χ3n) is 3.15. The van der Waals surface area contributed by atoms with E-state index in [1.807, 2.05) is 42.5 Å². The van der Waals surface area contributed by atoms with Gasteiger partial charge in [-0.2, -0.15) is 0 Å². The third kappa shape index (κ3) is 1.99. The van der Waals surface area contributed by atoms with Gasteiger partial charge in [0, 0.05) is 5.56 Å². The van der Waals surface area contributed by atoms with Crippen LogP contribution >= 0.6 is 0 Å². The molecule has 0 spiro atoms. The fourth-order valence-corrected chi connectivity index (χ4v) is 2.11. The van der Waals surface area contributed by atoms with Crippen LogP contribution < -0.4 is 16.2 Å². The van der Waals surface area contributed by atoms with Crippen molar-refractivity contribution < 1.29 is 4.74 Å². The molecule has 0 atom stereocenters. The second-order valence-electron chi connectivity index (χ2n) is 4.40. The van der Waals surface area contributed by atoms with Gasteiger partial charge in [-0.1, -0.05) is 24.3 Å². The highest BCUT2D eigenvalue weighted by molar-refractivity contribution is 5.93. The summed E-state index contributed by atoms with van der Waals surface area (Å²) in [5, 5.41) is 0. The number of hydrogen-bond acceptors (Lipinski definition) is 5. The Balaban J connectivity index is 2.22. The minimum absolute atomic E-state index is 0.249. The van der Waals surface area contributed by atoms with Crippen molar-refractivity contribution in [1.29, 1.82) is 0 Å². The number of para-hydroxylation sites is 1. The highest BCUT2D eigenvalue weighted by Crippen LogP contribution is 2.29. The first-order valence-electron chi connectivity index (χ1n) is 6.15. The number of rotatable bonds is 2. The number of benzene rings is 2. The lowest BCUT2D eigenvalue weighted by Gasteiger charge is -2.08. The minimum Gasteiger partial charge on any atom is -0.497 e. The molecule has 20 heavy (non-hydrogen) atoms. The summed E-state index contributed by atoms with van der Waals surface area (Å²) in [5.74, 6) is 1.31. The van der Waals surface area contributed by atoms with Crippen molar-refractivity contribution in [2.45, 2.75) is 0 Å². The number of aromatic nitrogens is 2. The van der Waals surface area contributed by atoms with E-state index >= 15 is 0 Å². The largest absolute Gasteiger partial charge is 0.497 e. The highest BCUT2D eigenvalue weighted by Gasteiger charge is 2.09. The van der Waals surface area contributed by atoms with E-state index in [0.29, 0.717) is 0 Å². The Morgan fingerprint density at radius 3 is 2.30 bits per heavy atom. The van der Waals surface area contributed by atoms with Crippen molar-refractivity contribution >= 4 is 22.7 Å². The number of nitrogens with two attached hydrogens (primary N) is 2. The van der Waals surface area contributed by atoms with E-state index in [0.717, 1.165) is 27.9 Å². The number of anilines is 2. The zero-order valence-corrected chi connectivity index (χ0v) is 11.0. The molecule has 3 aromatic rings. The lowest BCUT2D eigenvalue weighted by molar-refractivity contribution is 0.415. The maximum absolute atomic E-state index is 5.76. The van der Waals surface area contributed by atoms with Crippen molar-refractivity contribution in [3.8, 4) is 16.9 Å². The smallest absolute Gasteiger partial charge is 0.166 e. The Hall–Kier alpha value is -2.82. The molecular formula is C15H14N4O. The molecular weight excluding hydrogens is 252 g/mol. The van der Waals surface area contributed by atoms with Gasteiger partial charge < -0.3 is 16.2 Å². The fraction of sp³-hybridized carbons (Fsp3) is 0.0667. The monoisotopic (exact) mass is 266 g/mol. The molecule has 0 radical (unpaired) electrons. The predicted octanol–water partition coefficient (Wildman–Crippen LogP) is 2.47. The quantitative estimate of drug-likeness (QED) is 0.744. The maximum Gasteiger partial charge on any atom is 0.166 e. The minimum atomic E-state index is 0.249. The summed E-state index contributed by atoms with van der Waals surface area (Å²) in [5.41, 5.74) is 14.9. The van der Waals surface area contributed by atoms with Crippen molar-refractivity contribution in [2.24, 2.45) is 0 Å². The first-order chi connectivity index (χ1) is 9.69. The van der Waals surface area contributed by atoms with Gasteiger partial charge in [-0.15, -0.1) is 0 Å². The Labute approximate surface area is 116 Å². The first-order valence-corrected chi connectivity index (χ1v) is 6.15. The summed E-state index contributed by atoms with van der Waals surface area (Å²) in [6.07, 6.45) is 0. The van der Waals surface area contributed by atoms with Crippen LogP contribution in [-0.4, -0.2) is 17.1 Å². The van der Waals surface area contributed by atoms with Gasteiger partial charge in [-0.3, -0.25) is 0 Å². The zero-order chi connectivity index (χ0) is 14.1. The van der Waals surface area contributed by atoms with Crippen LogP contribution in [-0.2, 0) is 0 Å². The Morgan fingerprint density at radius 2 is 1.60 bits per heavy atom. The molecule has 2 aromatic carbocycles. The normalized spacial score (nSPS) is 10.7. The summed E-state index contributed by atoms with van der Waals surface area (Å²) >= 11 is 0. The second kappa shape index (κ2) is 4.70. The Kier molecular flexibility index (Phi) is 2.87.